The minimum Gasteiger partial charge on any atom is -0.396 e. The summed E-state index contributed by atoms with van der Waals surface area (Å²) >= 11 is 0. The Morgan fingerprint density at radius 1 is 1.19 bits per heavy atom. The summed E-state index contributed by atoms with van der Waals surface area (Å²) in [6.07, 6.45) is 9.72. The van der Waals surface area contributed by atoms with E-state index in [1.165, 1.54) is 48.8 Å². The number of aryl methyl sites for hydroxylation is 1. The van der Waals surface area contributed by atoms with Crippen LogP contribution in [0.5, 0.6) is 0 Å². The van der Waals surface area contributed by atoms with E-state index in [9.17, 15) is 5.11 Å². The summed E-state index contributed by atoms with van der Waals surface area (Å²) in [7, 11) is 4.10. The first-order valence-electron chi connectivity index (χ1n) is 10.0. The lowest BCUT2D eigenvalue weighted by Gasteiger charge is -2.24. The fourth-order valence-corrected chi connectivity index (χ4v) is 4.08. The molecule has 3 rings (SSSR count). The van der Waals surface area contributed by atoms with Crippen molar-refractivity contribution < 1.29 is 5.11 Å². The van der Waals surface area contributed by atoms with Gasteiger partial charge in [-0.15, -0.1) is 0 Å². The molecule has 1 aromatic carbocycles. The molecule has 1 aliphatic rings. The summed E-state index contributed by atoms with van der Waals surface area (Å²) in [4.78, 5) is 2.28. The molecule has 1 N–H and O–H groups in total. The summed E-state index contributed by atoms with van der Waals surface area (Å²) in [5.74, 6) is 0.742. The monoisotopic (exact) mass is 355 g/mol. The number of benzene rings is 1. The minimum absolute atomic E-state index is 0.230. The molecule has 1 aromatic heterocycles. The van der Waals surface area contributed by atoms with Gasteiger partial charge in [0.25, 0.3) is 0 Å². The topological polar surface area (TPSA) is 41.3 Å². The molecule has 0 amide bonds. The van der Waals surface area contributed by atoms with Gasteiger partial charge < -0.3 is 5.11 Å². The van der Waals surface area contributed by atoms with Crippen LogP contribution in [-0.2, 0) is 13.6 Å². The van der Waals surface area contributed by atoms with E-state index in [0.717, 1.165) is 24.6 Å². The van der Waals surface area contributed by atoms with Crippen molar-refractivity contribution in [3.63, 3.8) is 0 Å². The third-order valence-electron chi connectivity index (χ3n) is 5.88. The van der Waals surface area contributed by atoms with Crippen molar-refractivity contribution in [3.05, 3.63) is 41.6 Å². The number of aromatic nitrogens is 2. The molecule has 0 radical (unpaired) electrons. The van der Waals surface area contributed by atoms with Crippen molar-refractivity contribution in [3.8, 4) is 11.3 Å². The third kappa shape index (κ3) is 4.54. The van der Waals surface area contributed by atoms with Crippen LogP contribution in [0.4, 0.5) is 0 Å². The maximum absolute atomic E-state index is 9.18. The molecule has 0 bridgehead atoms. The van der Waals surface area contributed by atoms with Crippen LogP contribution in [-0.4, -0.2) is 39.5 Å². The summed E-state index contributed by atoms with van der Waals surface area (Å²) in [5.41, 5.74) is 5.00. The van der Waals surface area contributed by atoms with Gasteiger partial charge in [0, 0.05) is 43.6 Å². The SMILES string of the molecule is CC(CCO)N(C)Cc1cn(C)nc1-c1ccc(C2CCCCC2)cc1. The first-order chi connectivity index (χ1) is 12.6. The van der Waals surface area contributed by atoms with Crippen molar-refractivity contribution in [2.45, 2.75) is 64.0 Å². The molecule has 4 nitrogen and oxygen atoms in total. The van der Waals surface area contributed by atoms with E-state index in [0.29, 0.717) is 6.04 Å². The third-order valence-corrected chi connectivity index (χ3v) is 5.88. The summed E-state index contributed by atoms with van der Waals surface area (Å²) in [6, 6.07) is 9.45. The van der Waals surface area contributed by atoms with Crippen molar-refractivity contribution in [2.24, 2.45) is 7.05 Å². The normalized spacial score (nSPS) is 17.0. The van der Waals surface area contributed by atoms with Crippen LogP contribution in [0, 0.1) is 0 Å². The first kappa shape index (κ1) is 19.1. The number of aliphatic hydroxyl groups is 1. The van der Waals surface area contributed by atoms with Gasteiger partial charge >= 0.3 is 0 Å². The van der Waals surface area contributed by atoms with E-state index in [4.69, 9.17) is 5.10 Å². The lowest BCUT2D eigenvalue weighted by Crippen LogP contribution is -2.29. The van der Waals surface area contributed by atoms with Gasteiger partial charge in [0.1, 0.15) is 0 Å². The van der Waals surface area contributed by atoms with Crippen LogP contribution in [0.1, 0.15) is 62.5 Å². The number of nitrogens with zero attached hydrogens (tertiary/aromatic N) is 3. The van der Waals surface area contributed by atoms with Crippen molar-refractivity contribution in [2.75, 3.05) is 13.7 Å². The van der Waals surface area contributed by atoms with Crippen LogP contribution in [0.2, 0.25) is 0 Å². The second-order valence-electron chi connectivity index (χ2n) is 7.91. The highest BCUT2D eigenvalue weighted by molar-refractivity contribution is 5.63. The summed E-state index contributed by atoms with van der Waals surface area (Å²) in [6.45, 7) is 3.23. The van der Waals surface area contributed by atoms with Gasteiger partial charge in [0.15, 0.2) is 0 Å². The van der Waals surface area contributed by atoms with Crippen LogP contribution < -0.4 is 0 Å². The average Bonchev–Trinajstić information content (AvgIpc) is 3.03. The zero-order valence-electron chi connectivity index (χ0n) is 16.5. The zero-order chi connectivity index (χ0) is 18.5. The highest BCUT2D eigenvalue weighted by atomic mass is 16.3. The van der Waals surface area contributed by atoms with Crippen molar-refractivity contribution >= 4 is 0 Å². The fourth-order valence-electron chi connectivity index (χ4n) is 4.08. The van der Waals surface area contributed by atoms with Crippen LogP contribution in [0.15, 0.2) is 30.5 Å². The number of aliphatic hydroxyl groups excluding tert-OH is 1. The first-order valence-corrected chi connectivity index (χ1v) is 10.0. The van der Waals surface area contributed by atoms with E-state index in [1.54, 1.807) is 0 Å². The maximum atomic E-state index is 9.18. The largest absolute Gasteiger partial charge is 0.396 e. The van der Waals surface area contributed by atoms with E-state index in [2.05, 4.69) is 49.3 Å². The maximum Gasteiger partial charge on any atom is 0.0968 e. The Morgan fingerprint density at radius 2 is 1.88 bits per heavy atom. The van der Waals surface area contributed by atoms with Crippen molar-refractivity contribution in [1.82, 2.24) is 14.7 Å². The highest BCUT2D eigenvalue weighted by Crippen LogP contribution is 2.34. The van der Waals surface area contributed by atoms with Crippen molar-refractivity contribution in [1.29, 1.82) is 0 Å². The lowest BCUT2D eigenvalue weighted by atomic mass is 9.84. The lowest BCUT2D eigenvalue weighted by molar-refractivity contribution is 0.191. The molecule has 1 saturated carbocycles. The Labute approximate surface area is 157 Å². The summed E-state index contributed by atoms with van der Waals surface area (Å²) < 4.78 is 1.91. The standard InChI is InChI=1S/C22H33N3O/c1-17(13-14-26)24(2)15-21-16-25(3)23-22(21)20-11-9-19(10-12-20)18-7-5-4-6-8-18/h9-12,16-18,26H,4-8,13-15H2,1-3H3. The predicted molar refractivity (Wildman–Crippen MR) is 107 cm³/mol. The highest BCUT2D eigenvalue weighted by Gasteiger charge is 2.18. The molecule has 1 unspecified atom stereocenters. The molecule has 0 saturated heterocycles. The molecule has 1 fully saturated rings. The van der Waals surface area contributed by atoms with Gasteiger partial charge in [-0.1, -0.05) is 43.5 Å². The van der Waals surface area contributed by atoms with Crippen LogP contribution in [0.25, 0.3) is 11.3 Å². The quantitative estimate of drug-likeness (QED) is 0.803. The molecular weight excluding hydrogens is 322 g/mol. The molecular formula is C22H33N3O. The smallest absolute Gasteiger partial charge is 0.0968 e. The van der Waals surface area contributed by atoms with Gasteiger partial charge in [-0.25, -0.2) is 0 Å². The molecule has 4 heteroatoms. The average molecular weight is 356 g/mol. The van der Waals surface area contributed by atoms with E-state index >= 15 is 0 Å². The van der Waals surface area contributed by atoms with Gasteiger partial charge in [-0.05, 0) is 44.7 Å². The number of rotatable bonds is 7. The van der Waals surface area contributed by atoms with Gasteiger partial charge in [-0.3, -0.25) is 9.58 Å². The Kier molecular flexibility index (Phi) is 6.49. The van der Waals surface area contributed by atoms with Crippen LogP contribution in [0.3, 0.4) is 0 Å². The molecule has 26 heavy (non-hydrogen) atoms. The number of hydrogen-bond acceptors (Lipinski definition) is 3. The Hall–Kier alpha value is -1.65. The molecule has 2 aromatic rings. The Morgan fingerprint density at radius 3 is 2.54 bits per heavy atom. The van der Waals surface area contributed by atoms with E-state index in [-0.39, 0.29) is 6.61 Å². The van der Waals surface area contributed by atoms with Gasteiger partial charge in [-0.2, -0.15) is 5.10 Å². The van der Waals surface area contributed by atoms with Crippen LogP contribution >= 0.6 is 0 Å². The van der Waals surface area contributed by atoms with Gasteiger partial charge in [0.05, 0.1) is 5.69 Å². The summed E-state index contributed by atoms with van der Waals surface area (Å²) in [5, 5.41) is 13.9. The predicted octanol–water partition coefficient (Wildman–Crippen LogP) is 4.34. The zero-order valence-corrected chi connectivity index (χ0v) is 16.5. The number of hydrogen-bond donors (Lipinski definition) is 1. The molecule has 1 heterocycles. The Balaban J connectivity index is 1.76. The Bertz CT molecular complexity index is 686. The molecule has 1 atom stereocenters. The molecule has 0 spiro atoms. The molecule has 1 aliphatic carbocycles. The minimum atomic E-state index is 0.230. The second kappa shape index (κ2) is 8.83. The molecule has 142 valence electrons. The fraction of sp³-hybridized carbons (Fsp3) is 0.591. The van der Waals surface area contributed by atoms with Gasteiger partial charge in [0.2, 0.25) is 0 Å². The van der Waals surface area contributed by atoms with E-state index in [1.807, 2.05) is 11.7 Å². The van der Waals surface area contributed by atoms with E-state index < -0.39 is 0 Å². The molecule has 0 aliphatic heterocycles. The second-order valence-corrected chi connectivity index (χ2v) is 7.91.